The van der Waals surface area contributed by atoms with Crippen molar-refractivity contribution < 1.29 is 13.5 Å². The van der Waals surface area contributed by atoms with Crippen molar-refractivity contribution in [1.29, 1.82) is 0 Å². The fourth-order valence-electron chi connectivity index (χ4n) is 2.85. The van der Waals surface area contributed by atoms with Gasteiger partial charge in [0.25, 0.3) is 0 Å². The summed E-state index contributed by atoms with van der Waals surface area (Å²) in [5.74, 6) is 0.729. The van der Waals surface area contributed by atoms with E-state index in [1.165, 1.54) is 18.5 Å². The molecule has 0 spiro atoms. The Morgan fingerprint density at radius 1 is 1.15 bits per heavy atom. The molecule has 2 aromatic carbocycles. The number of nitrogens with zero attached hydrogens (tertiary/aromatic N) is 3. The number of alkyl halides is 2. The summed E-state index contributed by atoms with van der Waals surface area (Å²) in [5, 5.41) is 7.52. The van der Waals surface area contributed by atoms with Gasteiger partial charge in [0.2, 0.25) is 5.95 Å². The molecule has 1 aliphatic rings. The third kappa shape index (κ3) is 3.32. The van der Waals surface area contributed by atoms with Gasteiger partial charge in [0, 0.05) is 10.2 Å². The summed E-state index contributed by atoms with van der Waals surface area (Å²) < 4.78 is 31.8. The Bertz CT molecular complexity index is 956. The topological polar surface area (TPSA) is 52.0 Å². The highest BCUT2D eigenvalue weighted by molar-refractivity contribution is 9.10. The predicted molar refractivity (Wildman–Crippen MR) is 97.0 cm³/mol. The van der Waals surface area contributed by atoms with Crippen LogP contribution in [0.15, 0.2) is 65.4 Å². The maximum Gasteiger partial charge on any atom is 0.387 e. The maximum absolute atomic E-state index is 12.3. The molecule has 0 aliphatic carbocycles. The molecule has 1 unspecified atom stereocenters. The third-order valence-electron chi connectivity index (χ3n) is 3.99. The number of anilines is 1. The Balaban J connectivity index is 1.70. The summed E-state index contributed by atoms with van der Waals surface area (Å²) in [6, 6.07) is 14.3. The molecule has 4 rings (SSSR count). The van der Waals surface area contributed by atoms with Crippen molar-refractivity contribution in [3.8, 4) is 5.75 Å². The number of nitrogens with one attached hydrogen (secondary N) is 1. The number of benzene rings is 2. The Morgan fingerprint density at radius 2 is 1.96 bits per heavy atom. The quantitative estimate of drug-likeness (QED) is 0.667. The number of halogens is 3. The lowest BCUT2D eigenvalue weighted by atomic mass is 10.0. The molecular formula is C18H13BrF2N4O. The van der Waals surface area contributed by atoms with Crippen molar-refractivity contribution in [3.05, 3.63) is 76.5 Å². The van der Waals surface area contributed by atoms with Gasteiger partial charge in [-0.05, 0) is 53.6 Å². The van der Waals surface area contributed by atoms with Gasteiger partial charge in [-0.1, -0.05) is 28.1 Å². The number of fused-ring (bicyclic) bond motifs is 1. The molecule has 8 heteroatoms. The van der Waals surface area contributed by atoms with Crippen LogP contribution in [0.3, 0.4) is 0 Å². The van der Waals surface area contributed by atoms with E-state index < -0.39 is 6.61 Å². The smallest absolute Gasteiger partial charge is 0.387 e. The highest BCUT2D eigenvalue weighted by Crippen LogP contribution is 2.33. The van der Waals surface area contributed by atoms with Gasteiger partial charge >= 0.3 is 6.61 Å². The van der Waals surface area contributed by atoms with Crippen LogP contribution < -0.4 is 10.1 Å². The van der Waals surface area contributed by atoms with Gasteiger partial charge in [0.1, 0.15) is 18.1 Å². The van der Waals surface area contributed by atoms with E-state index in [1.807, 2.05) is 30.3 Å². The molecule has 0 saturated carbocycles. The minimum absolute atomic E-state index is 0.117. The molecule has 26 heavy (non-hydrogen) atoms. The van der Waals surface area contributed by atoms with Gasteiger partial charge in [0.05, 0.1) is 0 Å². The van der Waals surface area contributed by atoms with E-state index in [0.29, 0.717) is 5.95 Å². The monoisotopic (exact) mass is 418 g/mol. The predicted octanol–water partition coefficient (Wildman–Crippen LogP) is 4.70. The van der Waals surface area contributed by atoms with Gasteiger partial charge in [-0.15, -0.1) is 0 Å². The largest absolute Gasteiger partial charge is 0.435 e. The molecule has 0 amide bonds. The fourth-order valence-corrected chi connectivity index (χ4v) is 3.26. The Labute approximate surface area is 156 Å². The first kappa shape index (κ1) is 16.7. The normalized spacial score (nSPS) is 16.0. The molecule has 132 valence electrons. The van der Waals surface area contributed by atoms with E-state index >= 15 is 0 Å². The van der Waals surface area contributed by atoms with Gasteiger partial charge in [-0.25, -0.2) is 4.68 Å². The molecule has 0 radical (unpaired) electrons. The van der Waals surface area contributed by atoms with Crippen LogP contribution in [0.4, 0.5) is 14.7 Å². The molecule has 0 saturated heterocycles. The van der Waals surface area contributed by atoms with Crippen molar-refractivity contribution in [2.24, 2.45) is 0 Å². The summed E-state index contributed by atoms with van der Waals surface area (Å²) >= 11 is 3.49. The maximum atomic E-state index is 12.3. The highest BCUT2D eigenvalue weighted by Gasteiger charge is 2.23. The lowest BCUT2D eigenvalue weighted by molar-refractivity contribution is -0.0498. The second-order valence-electron chi connectivity index (χ2n) is 5.64. The third-order valence-corrected chi connectivity index (χ3v) is 4.48. The van der Waals surface area contributed by atoms with Gasteiger partial charge in [-0.2, -0.15) is 18.9 Å². The zero-order valence-electron chi connectivity index (χ0n) is 13.3. The van der Waals surface area contributed by atoms with E-state index in [9.17, 15) is 8.78 Å². The number of rotatable bonds is 4. The van der Waals surface area contributed by atoms with Crippen LogP contribution in [0.1, 0.15) is 17.2 Å². The average Bonchev–Trinajstić information content (AvgIpc) is 3.09. The minimum atomic E-state index is -2.84. The fraction of sp³-hybridized carbons (Fsp3) is 0.111. The van der Waals surface area contributed by atoms with Gasteiger partial charge in [0.15, 0.2) is 0 Å². The van der Waals surface area contributed by atoms with Crippen molar-refractivity contribution in [1.82, 2.24) is 14.8 Å². The van der Waals surface area contributed by atoms with Crippen molar-refractivity contribution in [2.45, 2.75) is 12.7 Å². The molecule has 0 bridgehead atoms. The standard InChI is InChI=1S/C18H13BrF2N4O/c19-13-3-1-2-12(8-13)16-9-15(24-18-22-10-23-25(16)18)11-4-6-14(7-5-11)26-17(20)21/h1-10,16-17H,(H,22,23,24). The number of allylic oxidation sites excluding steroid dienone is 1. The first-order valence-corrected chi connectivity index (χ1v) is 8.58. The summed E-state index contributed by atoms with van der Waals surface area (Å²) in [7, 11) is 0. The molecule has 0 fully saturated rings. The van der Waals surface area contributed by atoms with Crippen LogP contribution in [0.2, 0.25) is 0 Å². The van der Waals surface area contributed by atoms with E-state index in [-0.39, 0.29) is 11.8 Å². The van der Waals surface area contributed by atoms with Gasteiger partial charge in [-0.3, -0.25) is 0 Å². The molecular weight excluding hydrogens is 406 g/mol. The Morgan fingerprint density at radius 3 is 2.69 bits per heavy atom. The number of hydrogen-bond acceptors (Lipinski definition) is 4. The van der Waals surface area contributed by atoms with Crippen LogP contribution in [-0.2, 0) is 0 Å². The van der Waals surface area contributed by atoms with E-state index in [1.54, 1.807) is 16.8 Å². The van der Waals surface area contributed by atoms with Crippen LogP contribution in [0.25, 0.3) is 5.70 Å². The SMILES string of the molecule is FC(F)Oc1ccc(C2=CC(c3cccc(Br)c3)n3ncnc3N2)cc1. The number of ether oxygens (including phenoxy) is 1. The second kappa shape index (κ2) is 6.87. The molecule has 5 nitrogen and oxygen atoms in total. The number of aromatic nitrogens is 3. The zero-order chi connectivity index (χ0) is 18.1. The van der Waals surface area contributed by atoms with Crippen LogP contribution in [0, 0.1) is 0 Å². The second-order valence-corrected chi connectivity index (χ2v) is 6.55. The molecule has 2 heterocycles. The molecule has 3 aromatic rings. The lowest BCUT2D eigenvalue weighted by Gasteiger charge is -2.24. The minimum Gasteiger partial charge on any atom is -0.435 e. The average molecular weight is 419 g/mol. The van der Waals surface area contributed by atoms with E-state index in [0.717, 1.165) is 21.3 Å². The van der Waals surface area contributed by atoms with Crippen molar-refractivity contribution >= 4 is 27.6 Å². The van der Waals surface area contributed by atoms with E-state index in [4.69, 9.17) is 0 Å². The lowest BCUT2D eigenvalue weighted by Crippen LogP contribution is -2.20. The Kier molecular flexibility index (Phi) is 4.42. The number of hydrogen-bond donors (Lipinski definition) is 1. The molecule has 1 N–H and O–H groups in total. The van der Waals surface area contributed by atoms with E-state index in [2.05, 4.69) is 36.1 Å². The van der Waals surface area contributed by atoms with Gasteiger partial charge < -0.3 is 10.1 Å². The van der Waals surface area contributed by atoms with Crippen LogP contribution in [0.5, 0.6) is 5.75 Å². The Hall–Kier alpha value is -2.74. The summed E-state index contributed by atoms with van der Waals surface area (Å²) in [4.78, 5) is 4.25. The summed E-state index contributed by atoms with van der Waals surface area (Å²) in [5.41, 5.74) is 2.70. The molecule has 1 atom stereocenters. The van der Waals surface area contributed by atoms with Crippen molar-refractivity contribution in [3.63, 3.8) is 0 Å². The first-order chi connectivity index (χ1) is 12.6. The first-order valence-electron chi connectivity index (χ1n) is 7.79. The summed E-state index contributed by atoms with van der Waals surface area (Å²) in [6.45, 7) is -2.84. The summed E-state index contributed by atoms with van der Waals surface area (Å²) in [6.07, 6.45) is 3.51. The van der Waals surface area contributed by atoms with Crippen LogP contribution >= 0.6 is 15.9 Å². The molecule has 1 aromatic heterocycles. The van der Waals surface area contributed by atoms with Crippen LogP contribution in [-0.4, -0.2) is 21.4 Å². The molecule has 1 aliphatic heterocycles. The zero-order valence-corrected chi connectivity index (χ0v) is 14.9. The highest BCUT2D eigenvalue weighted by atomic mass is 79.9. The van der Waals surface area contributed by atoms with Crippen molar-refractivity contribution in [2.75, 3.05) is 5.32 Å².